The molecule has 0 saturated carbocycles. The van der Waals surface area contributed by atoms with E-state index in [0.717, 1.165) is 12.1 Å². The Morgan fingerprint density at radius 2 is 1.95 bits per heavy atom. The van der Waals surface area contributed by atoms with Crippen LogP contribution in [0.5, 0.6) is 0 Å². The van der Waals surface area contributed by atoms with Crippen molar-refractivity contribution in [2.45, 2.75) is 19.4 Å². The maximum atomic E-state index is 12.8. The smallest absolute Gasteiger partial charge is 0.316 e. The molecule has 0 spiro atoms. The van der Waals surface area contributed by atoms with Gasteiger partial charge in [0.05, 0.1) is 0 Å². The van der Waals surface area contributed by atoms with Crippen molar-refractivity contribution in [1.82, 2.24) is 0 Å². The molecule has 2 aromatic rings. The topological polar surface area (TPSA) is 75.4 Å². The van der Waals surface area contributed by atoms with E-state index in [2.05, 4.69) is 5.32 Å². The van der Waals surface area contributed by atoms with Gasteiger partial charge in [0.2, 0.25) is 0 Å². The van der Waals surface area contributed by atoms with Gasteiger partial charge in [-0.15, -0.1) is 0 Å². The van der Waals surface area contributed by atoms with Crippen LogP contribution in [0.3, 0.4) is 0 Å². The standard InChI is InChI=1S/C17H17N3O2/c1-11-9-12-5-2-3-8-15(12)20(11)16(21)13-6-4-7-14(10-13)19-17(18)22/h2-8,10-11H,9H2,1H3,(H3,18,19,22). The number of hydrogen-bond donors (Lipinski definition) is 2. The third kappa shape index (κ3) is 2.53. The Morgan fingerprint density at radius 3 is 2.73 bits per heavy atom. The van der Waals surface area contributed by atoms with Gasteiger partial charge in [0, 0.05) is 23.0 Å². The highest BCUT2D eigenvalue weighted by Crippen LogP contribution is 2.33. The van der Waals surface area contributed by atoms with Gasteiger partial charge in [0.25, 0.3) is 5.91 Å². The summed E-state index contributed by atoms with van der Waals surface area (Å²) in [5.74, 6) is -0.0782. The Kier molecular flexibility index (Phi) is 3.55. The summed E-state index contributed by atoms with van der Waals surface area (Å²) in [6.07, 6.45) is 0.848. The van der Waals surface area contributed by atoms with Crippen molar-refractivity contribution in [3.8, 4) is 0 Å². The van der Waals surface area contributed by atoms with Crippen LogP contribution in [-0.2, 0) is 6.42 Å². The minimum atomic E-state index is -0.649. The lowest BCUT2D eigenvalue weighted by molar-refractivity contribution is 0.0981. The van der Waals surface area contributed by atoms with E-state index in [-0.39, 0.29) is 11.9 Å². The molecule has 0 aromatic heterocycles. The second kappa shape index (κ2) is 5.52. The molecule has 1 atom stereocenters. The first-order valence-electron chi connectivity index (χ1n) is 7.14. The van der Waals surface area contributed by atoms with E-state index in [1.165, 1.54) is 5.56 Å². The summed E-state index contributed by atoms with van der Waals surface area (Å²) in [7, 11) is 0. The zero-order valence-electron chi connectivity index (χ0n) is 12.2. The number of carbonyl (C=O) groups excluding carboxylic acids is 2. The second-order valence-electron chi connectivity index (χ2n) is 5.43. The zero-order valence-corrected chi connectivity index (χ0v) is 12.2. The number of rotatable bonds is 2. The van der Waals surface area contributed by atoms with Gasteiger partial charge in [-0.1, -0.05) is 24.3 Å². The molecule has 1 heterocycles. The minimum absolute atomic E-state index is 0.0782. The summed E-state index contributed by atoms with van der Waals surface area (Å²) in [6, 6.07) is 14.2. The van der Waals surface area contributed by atoms with Crippen LogP contribution in [0.2, 0.25) is 0 Å². The molecule has 2 aromatic carbocycles. The number of carbonyl (C=O) groups is 2. The molecule has 3 rings (SSSR count). The van der Waals surface area contributed by atoms with E-state index >= 15 is 0 Å². The van der Waals surface area contributed by atoms with Gasteiger partial charge in [-0.25, -0.2) is 4.79 Å². The number of nitrogens with one attached hydrogen (secondary N) is 1. The largest absolute Gasteiger partial charge is 0.351 e. The molecule has 0 radical (unpaired) electrons. The first-order chi connectivity index (χ1) is 10.6. The lowest BCUT2D eigenvalue weighted by atomic mass is 10.1. The SMILES string of the molecule is CC1Cc2ccccc2N1C(=O)c1cccc(NC(N)=O)c1. The predicted octanol–water partition coefficient (Wildman–Crippen LogP) is 2.77. The number of primary amides is 1. The van der Waals surface area contributed by atoms with Gasteiger partial charge < -0.3 is 16.0 Å². The average Bonchev–Trinajstić information content (AvgIpc) is 2.82. The van der Waals surface area contributed by atoms with Crippen molar-refractivity contribution in [1.29, 1.82) is 0 Å². The fourth-order valence-electron chi connectivity index (χ4n) is 2.89. The lowest BCUT2D eigenvalue weighted by Crippen LogP contribution is -2.35. The van der Waals surface area contributed by atoms with Crippen LogP contribution >= 0.6 is 0 Å². The number of benzene rings is 2. The third-order valence-corrected chi connectivity index (χ3v) is 3.80. The molecule has 0 fully saturated rings. The van der Waals surface area contributed by atoms with Crippen LogP contribution in [0.25, 0.3) is 0 Å². The fraction of sp³-hybridized carbons (Fsp3) is 0.176. The number of urea groups is 1. The molecule has 112 valence electrons. The summed E-state index contributed by atoms with van der Waals surface area (Å²) < 4.78 is 0. The minimum Gasteiger partial charge on any atom is -0.351 e. The first-order valence-corrected chi connectivity index (χ1v) is 7.14. The Balaban J connectivity index is 1.93. The normalized spacial score (nSPS) is 16.2. The zero-order chi connectivity index (χ0) is 15.7. The Hall–Kier alpha value is -2.82. The van der Waals surface area contributed by atoms with E-state index in [1.807, 2.05) is 31.2 Å². The Labute approximate surface area is 128 Å². The highest BCUT2D eigenvalue weighted by Gasteiger charge is 2.31. The molecule has 5 heteroatoms. The number of hydrogen-bond acceptors (Lipinski definition) is 2. The second-order valence-corrected chi connectivity index (χ2v) is 5.43. The van der Waals surface area contributed by atoms with Gasteiger partial charge in [-0.3, -0.25) is 4.79 Å². The van der Waals surface area contributed by atoms with E-state index < -0.39 is 6.03 Å². The Bertz CT molecular complexity index is 742. The maximum Gasteiger partial charge on any atom is 0.316 e. The summed E-state index contributed by atoms with van der Waals surface area (Å²) in [5.41, 5.74) is 8.28. The van der Waals surface area contributed by atoms with Crippen molar-refractivity contribution < 1.29 is 9.59 Å². The number of nitrogens with zero attached hydrogens (tertiary/aromatic N) is 1. The molecule has 5 nitrogen and oxygen atoms in total. The summed E-state index contributed by atoms with van der Waals surface area (Å²) >= 11 is 0. The number of amides is 3. The monoisotopic (exact) mass is 295 g/mol. The van der Waals surface area contributed by atoms with Gasteiger partial charge in [0.1, 0.15) is 0 Å². The van der Waals surface area contributed by atoms with Crippen LogP contribution < -0.4 is 16.0 Å². The van der Waals surface area contributed by atoms with Gasteiger partial charge in [0.15, 0.2) is 0 Å². The summed E-state index contributed by atoms with van der Waals surface area (Å²) in [5, 5.41) is 2.49. The average molecular weight is 295 g/mol. The van der Waals surface area contributed by atoms with E-state index in [4.69, 9.17) is 5.73 Å². The summed E-state index contributed by atoms with van der Waals surface area (Å²) in [6.45, 7) is 2.03. The van der Waals surface area contributed by atoms with Crippen LogP contribution in [-0.4, -0.2) is 18.0 Å². The molecule has 3 N–H and O–H groups in total. The number of fused-ring (bicyclic) bond motifs is 1. The van der Waals surface area contributed by atoms with E-state index in [9.17, 15) is 9.59 Å². The highest BCUT2D eigenvalue weighted by atomic mass is 16.2. The molecule has 0 bridgehead atoms. The molecule has 3 amide bonds. The summed E-state index contributed by atoms with van der Waals surface area (Å²) in [4.78, 5) is 25.6. The maximum absolute atomic E-state index is 12.8. The number of para-hydroxylation sites is 1. The molecule has 22 heavy (non-hydrogen) atoms. The van der Waals surface area contributed by atoms with Crippen molar-refractivity contribution in [2.75, 3.05) is 10.2 Å². The van der Waals surface area contributed by atoms with Crippen LogP contribution in [0.4, 0.5) is 16.2 Å². The first kappa shape index (κ1) is 14.1. The fourth-order valence-corrected chi connectivity index (χ4v) is 2.89. The van der Waals surface area contributed by atoms with Crippen LogP contribution in [0.15, 0.2) is 48.5 Å². The molecular weight excluding hydrogens is 278 g/mol. The Morgan fingerprint density at radius 1 is 1.18 bits per heavy atom. The van der Waals surface area contributed by atoms with Crippen molar-refractivity contribution >= 4 is 23.3 Å². The van der Waals surface area contributed by atoms with Gasteiger partial charge >= 0.3 is 6.03 Å². The molecule has 1 unspecified atom stereocenters. The van der Waals surface area contributed by atoms with Crippen LogP contribution in [0, 0.1) is 0 Å². The van der Waals surface area contributed by atoms with E-state index in [1.54, 1.807) is 29.2 Å². The highest BCUT2D eigenvalue weighted by molar-refractivity contribution is 6.08. The molecular formula is C17H17N3O2. The van der Waals surface area contributed by atoms with Gasteiger partial charge in [-0.05, 0) is 43.2 Å². The van der Waals surface area contributed by atoms with Gasteiger partial charge in [-0.2, -0.15) is 0 Å². The van der Waals surface area contributed by atoms with Crippen molar-refractivity contribution in [2.24, 2.45) is 5.73 Å². The van der Waals surface area contributed by atoms with E-state index in [0.29, 0.717) is 11.3 Å². The van der Waals surface area contributed by atoms with Crippen LogP contribution in [0.1, 0.15) is 22.8 Å². The quantitative estimate of drug-likeness (QED) is 0.894. The van der Waals surface area contributed by atoms with Crippen molar-refractivity contribution in [3.63, 3.8) is 0 Å². The van der Waals surface area contributed by atoms with Crippen molar-refractivity contribution in [3.05, 3.63) is 59.7 Å². The third-order valence-electron chi connectivity index (χ3n) is 3.80. The number of nitrogens with two attached hydrogens (primary N) is 1. The molecule has 0 aliphatic carbocycles. The predicted molar refractivity (Wildman–Crippen MR) is 86.1 cm³/mol. The lowest BCUT2D eigenvalue weighted by Gasteiger charge is -2.23. The number of anilines is 2. The molecule has 0 saturated heterocycles. The molecule has 1 aliphatic heterocycles. The molecule has 1 aliphatic rings.